The van der Waals surface area contributed by atoms with E-state index in [2.05, 4.69) is 5.43 Å². The number of hydrogen-bond acceptors (Lipinski definition) is 3. The Bertz CT molecular complexity index is 148. The van der Waals surface area contributed by atoms with Crippen LogP contribution in [0.4, 0.5) is 0 Å². The third-order valence-electron chi connectivity index (χ3n) is 1.20. The highest BCUT2D eigenvalue weighted by Crippen LogP contribution is 1.97. The van der Waals surface area contributed by atoms with Gasteiger partial charge in [0.2, 0.25) is 0 Å². The van der Waals surface area contributed by atoms with Gasteiger partial charge >= 0.3 is 0 Å². The van der Waals surface area contributed by atoms with Crippen LogP contribution in [0.25, 0.3) is 0 Å². The second-order valence-electron chi connectivity index (χ2n) is 1.98. The van der Waals surface area contributed by atoms with Crippen molar-refractivity contribution in [2.45, 2.75) is 0 Å². The molecule has 3 N–H and O–H groups in total. The summed E-state index contributed by atoms with van der Waals surface area (Å²) in [5.74, 6) is 0. The summed E-state index contributed by atoms with van der Waals surface area (Å²) in [6, 6.07) is 0. The predicted octanol–water partition coefficient (Wildman–Crippen LogP) is -0.207. The summed E-state index contributed by atoms with van der Waals surface area (Å²) < 4.78 is 0. The van der Waals surface area contributed by atoms with E-state index in [9.17, 15) is 0 Å². The highest BCUT2D eigenvalue weighted by atomic mass is 15.5. The molecule has 1 aliphatic rings. The van der Waals surface area contributed by atoms with Gasteiger partial charge in [-0.05, 0) is 11.6 Å². The molecule has 0 saturated carbocycles. The molecule has 0 aromatic carbocycles. The number of nitrogens with one attached hydrogen (secondary N) is 1. The van der Waals surface area contributed by atoms with E-state index in [4.69, 9.17) is 5.73 Å². The lowest BCUT2D eigenvalue weighted by molar-refractivity contribution is 0.379. The SMILES string of the molecule is CN1C=CC(CN)=CN1. The van der Waals surface area contributed by atoms with Crippen molar-refractivity contribution in [1.82, 2.24) is 10.4 Å². The molecule has 0 bridgehead atoms. The van der Waals surface area contributed by atoms with Crippen LogP contribution in [0.2, 0.25) is 0 Å². The standard InChI is InChI=1S/C6H11N3/c1-9-3-2-6(4-7)5-8-9/h2-3,5,8H,4,7H2,1H3. The second kappa shape index (κ2) is 2.55. The Kier molecular flexibility index (Phi) is 1.75. The molecule has 0 fully saturated rings. The highest BCUT2D eigenvalue weighted by molar-refractivity contribution is 5.20. The number of nitrogens with zero attached hydrogens (tertiary/aromatic N) is 1. The van der Waals surface area contributed by atoms with Gasteiger partial charge in [0.15, 0.2) is 0 Å². The van der Waals surface area contributed by atoms with E-state index in [-0.39, 0.29) is 0 Å². The van der Waals surface area contributed by atoms with Crippen LogP contribution in [0.3, 0.4) is 0 Å². The fraction of sp³-hybridized carbons (Fsp3) is 0.333. The number of rotatable bonds is 1. The first-order valence-corrected chi connectivity index (χ1v) is 2.89. The molecule has 0 aromatic rings. The Hall–Kier alpha value is -0.960. The molecule has 0 atom stereocenters. The molecular weight excluding hydrogens is 114 g/mol. The minimum atomic E-state index is 0.595. The Morgan fingerprint density at radius 2 is 2.56 bits per heavy atom. The lowest BCUT2D eigenvalue weighted by Gasteiger charge is -2.18. The second-order valence-corrected chi connectivity index (χ2v) is 1.98. The summed E-state index contributed by atoms with van der Waals surface area (Å²) >= 11 is 0. The molecule has 3 nitrogen and oxygen atoms in total. The van der Waals surface area contributed by atoms with Gasteiger partial charge in [0, 0.05) is 26.0 Å². The number of hydrazine groups is 1. The fourth-order valence-electron chi connectivity index (χ4n) is 0.610. The van der Waals surface area contributed by atoms with E-state index in [1.165, 1.54) is 0 Å². The van der Waals surface area contributed by atoms with E-state index in [1.807, 2.05) is 30.5 Å². The van der Waals surface area contributed by atoms with Crippen LogP contribution in [0, 0.1) is 0 Å². The van der Waals surface area contributed by atoms with E-state index in [1.54, 1.807) is 0 Å². The zero-order valence-corrected chi connectivity index (χ0v) is 5.46. The van der Waals surface area contributed by atoms with Crippen molar-refractivity contribution in [2.75, 3.05) is 13.6 Å². The summed E-state index contributed by atoms with van der Waals surface area (Å²) in [7, 11) is 1.93. The molecule has 1 rings (SSSR count). The summed E-state index contributed by atoms with van der Waals surface area (Å²) in [4.78, 5) is 0. The third kappa shape index (κ3) is 1.47. The highest BCUT2D eigenvalue weighted by Gasteiger charge is 1.94. The van der Waals surface area contributed by atoms with Crippen LogP contribution in [-0.4, -0.2) is 18.6 Å². The maximum atomic E-state index is 5.37. The van der Waals surface area contributed by atoms with Gasteiger partial charge in [-0.25, -0.2) is 0 Å². The van der Waals surface area contributed by atoms with Gasteiger partial charge in [0.25, 0.3) is 0 Å². The number of hydrogen-bond donors (Lipinski definition) is 2. The quantitative estimate of drug-likeness (QED) is 0.509. The summed E-state index contributed by atoms with van der Waals surface area (Å²) in [5, 5.41) is 1.86. The maximum Gasteiger partial charge on any atom is 0.0274 e. The maximum absolute atomic E-state index is 5.37. The molecule has 0 spiro atoms. The molecule has 1 heterocycles. The zero-order chi connectivity index (χ0) is 6.69. The summed E-state index contributed by atoms with van der Waals surface area (Å²) in [6.07, 6.45) is 5.80. The van der Waals surface area contributed by atoms with Crippen LogP contribution in [0.15, 0.2) is 24.0 Å². The molecule has 0 aliphatic carbocycles. The van der Waals surface area contributed by atoms with Gasteiger partial charge in [-0.1, -0.05) is 0 Å². The molecule has 0 unspecified atom stereocenters. The first kappa shape index (κ1) is 6.16. The van der Waals surface area contributed by atoms with E-state index < -0.39 is 0 Å². The monoisotopic (exact) mass is 125 g/mol. The normalized spacial score (nSPS) is 17.1. The van der Waals surface area contributed by atoms with Crippen molar-refractivity contribution < 1.29 is 0 Å². The molecule has 0 amide bonds. The Labute approximate surface area is 54.8 Å². The summed E-state index contributed by atoms with van der Waals surface area (Å²) in [6.45, 7) is 0.595. The lowest BCUT2D eigenvalue weighted by atomic mass is 10.3. The minimum absolute atomic E-state index is 0.595. The zero-order valence-electron chi connectivity index (χ0n) is 5.46. The van der Waals surface area contributed by atoms with Crippen molar-refractivity contribution in [2.24, 2.45) is 5.73 Å². The average Bonchev–Trinajstić information content (AvgIpc) is 1.90. The Morgan fingerprint density at radius 3 is 3.00 bits per heavy atom. The predicted molar refractivity (Wildman–Crippen MR) is 37.2 cm³/mol. The minimum Gasteiger partial charge on any atom is -0.326 e. The molecule has 0 radical (unpaired) electrons. The fourth-order valence-corrected chi connectivity index (χ4v) is 0.610. The van der Waals surface area contributed by atoms with Gasteiger partial charge in [0.05, 0.1) is 0 Å². The molecule has 3 heteroatoms. The summed E-state index contributed by atoms with van der Waals surface area (Å²) in [5.41, 5.74) is 9.48. The third-order valence-corrected chi connectivity index (χ3v) is 1.20. The van der Waals surface area contributed by atoms with Crippen molar-refractivity contribution >= 4 is 0 Å². The van der Waals surface area contributed by atoms with Gasteiger partial charge in [-0.2, -0.15) is 0 Å². The van der Waals surface area contributed by atoms with Crippen LogP contribution in [0.1, 0.15) is 0 Å². The Balaban J connectivity index is 2.52. The van der Waals surface area contributed by atoms with Gasteiger partial charge < -0.3 is 11.2 Å². The van der Waals surface area contributed by atoms with Crippen LogP contribution < -0.4 is 11.2 Å². The van der Waals surface area contributed by atoms with Crippen LogP contribution in [-0.2, 0) is 0 Å². The smallest absolute Gasteiger partial charge is 0.0274 e. The largest absolute Gasteiger partial charge is 0.326 e. The molecule has 50 valence electrons. The van der Waals surface area contributed by atoms with E-state index in [0.29, 0.717) is 6.54 Å². The van der Waals surface area contributed by atoms with Gasteiger partial charge in [0.1, 0.15) is 0 Å². The molecule has 0 aromatic heterocycles. The van der Waals surface area contributed by atoms with Crippen LogP contribution in [0.5, 0.6) is 0 Å². The van der Waals surface area contributed by atoms with E-state index >= 15 is 0 Å². The first-order valence-electron chi connectivity index (χ1n) is 2.89. The van der Waals surface area contributed by atoms with Gasteiger partial charge in [-0.15, -0.1) is 0 Å². The van der Waals surface area contributed by atoms with Gasteiger partial charge in [-0.3, -0.25) is 5.01 Å². The lowest BCUT2D eigenvalue weighted by Crippen LogP contribution is -2.27. The molecule has 1 aliphatic heterocycles. The van der Waals surface area contributed by atoms with Crippen molar-refractivity contribution in [3.8, 4) is 0 Å². The van der Waals surface area contributed by atoms with Crippen molar-refractivity contribution in [1.29, 1.82) is 0 Å². The molecule has 9 heavy (non-hydrogen) atoms. The molecule has 0 saturated heterocycles. The topological polar surface area (TPSA) is 41.3 Å². The molecular formula is C6H11N3. The van der Waals surface area contributed by atoms with Crippen LogP contribution >= 0.6 is 0 Å². The van der Waals surface area contributed by atoms with Crippen molar-refractivity contribution in [3.63, 3.8) is 0 Å². The van der Waals surface area contributed by atoms with Crippen molar-refractivity contribution in [3.05, 3.63) is 24.0 Å². The first-order chi connectivity index (χ1) is 4.33. The average molecular weight is 125 g/mol. The number of nitrogens with two attached hydrogens (primary N) is 1. The van der Waals surface area contributed by atoms with E-state index in [0.717, 1.165) is 5.57 Å². The Morgan fingerprint density at radius 1 is 1.78 bits per heavy atom.